The van der Waals surface area contributed by atoms with E-state index in [0.29, 0.717) is 18.6 Å². The van der Waals surface area contributed by atoms with Crippen LogP contribution in [0.5, 0.6) is 5.75 Å². The molecule has 0 bridgehead atoms. The van der Waals surface area contributed by atoms with Crippen molar-refractivity contribution in [2.45, 2.75) is 37.6 Å². The van der Waals surface area contributed by atoms with Gasteiger partial charge >= 0.3 is 0 Å². The molecule has 8 heteroatoms. The summed E-state index contributed by atoms with van der Waals surface area (Å²) < 4.78 is 45.9. The molecule has 1 saturated heterocycles. The molecule has 1 aliphatic rings. The molecule has 2 aromatic rings. The maximum atomic E-state index is 13.1. The third-order valence-electron chi connectivity index (χ3n) is 5.49. The number of piperidine rings is 1. The Morgan fingerprint density at radius 2 is 1.80 bits per heavy atom. The first kappa shape index (κ1) is 22.2. The number of ether oxygens (including phenoxy) is 1. The number of nitrogens with one attached hydrogen (secondary N) is 1. The second kappa shape index (κ2) is 9.14. The van der Waals surface area contributed by atoms with Gasteiger partial charge in [-0.3, -0.25) is 4.79 Å². The van der Waals surface area contributed by atoms with E-state index in [-0.39, 0.29) is 41.7 Å². The van der Waals surface area contributed by atoms with E-state index >= 15 is 0 Å². The molecule has 1 N–H and O–H groups in total. The van der Waals surface area contributed by atoms with Crippen LogP contribution >= 0.6 is 0 Å². The highest BCUT2D eigenvalue weighted by atomic mass is 32.2. The van der Waals surface area contributed by atoms with E-state index in [1.807, 2.05) is 13.8 Å². The molecule has 0 aliphatic carbocycles. The van der Waals surface area contributed by atoms with Crippen molar-refractivity contribution >= 4 is 15.9 Å². The molecule has 1 heterocycles. The molecule has 6 nitrogen and oxygen atoms in total. The molecular formula is C22H27FN2O4S. The smallest absolute Gasteiger partial charge is 0.246 e. The van der Waals surface area contributed by atoms with Crippen LogP contribution in [0.25, 0.3) is 0 Å². The summed E-state index contributed by atoms with van der Waals surface area (Å²) in [5, 5.41) is 2.95. The summed E-state index contributed by atoms with van der Waals surface area (Å²) in [5.74, 6) is -0.388. The molecule has 1 fully saturated rings. The van der Waals surface area contributed by atoms with E-state index < -0.39 is 10.0 Å². The summed E-state index contributed by atoms with van der Waals surface area (Å²) in [6.45, 7) is 4.21. The predicted molar refractivity (Wildman–Crippen MR) is 112 cm³/mol. The molecule has 3 rings (SSSR count). The fraction of sp³-hybridized carbons (Fsp3) is 0.409. The molecule has 0 aromatic heterocycles. The molecule has 0 radical (unpaired) electrons. The Morgan fingerprint density at radius 1 is 1.17 bits per heavy atom. The Labute approximate surface area is 177 Å². The highest BCUT2D eigenvalue weighted by molar-refractivity contribution is 7.89. The van der Waals surface area contributed by atoms with Gasteiger partial charge < -0.3 is 10.1 Å². The lowest BCUT2D eigenvalue weighted by molar-refractivity contribution is -0.126. The van der Waals surface area contributed by atoms with Crippen molar-refractivity contribution in [3.05, 3.63) is 59.4 Å². The van der Waals surface area contributed by atoms with Crippen LogP contribution in [0.4, 0.5) is 4.39 Å². The SMILES string of the molecule is COc1ccc(C)cc1S(=O)(=O)N1CCC(C(=O)N[C@@H](C)c2ccc(F)cc2)CC1. The Morgan fingerprint density at radius 3 is 2.40 bits per heavy atom. The van der Waals surface area contributed by atoms with Gasteiger partial charge in [0.1, 0.15) is 16.5 Å². The van der Waals surface area contributed by atoms with Crippen LogP contribution in [0.3, 0.4) is 0 Å². The lowest BCUT2D eigenvalue weighted by atomic mass is 9.96. The summed E-state index contributed by atoms with van der Waals surface area (Å²) in [6, 6.07) is 10.8. The van der Waals surface area contributed by atoms with Crippen molar-refractivity contribution in [3.63, 3.8) is 0 Å². The number of hydrogen-bond acceptors (Lipinski definition) is 4. The summed E-state index contributed by atoms with van der Waals surface area (Å²) in [5.41, 5.74) is 1.65. The molecule has 0 saturated carbocycles. The van der Waals surface area contributed by atoms with Crippen LogP contribution in [0, 0.1) is 18.7 Å². The van der Waals surface area contributed by atoms with E-state index in [9.17, 15) is 17.6 Å². The molecule has 30 heavy (non-hydrogen) atoms. The molecule has 1 aliphatic heterocycles. The Balaban J connectivity index is 1.63. The molecular weight excluding hydrogens is 407 g/mol. The quantitative estimate of drug-likeness (QED) is 0.756. The van der Waals surface area contributed by atoms with E-state index in [1.165, 1.54) is 23.5 Å². The van der Waals surface area contributed by atoms with E-state index in [2.05, 4.69) is 5.32 Å². The standard InChI is InChI=1S/C22H27FN2O4S/c1-15-4-9-20(29-3)21(14-15)30(27,28)25-12-10-18(11-13-25)22(26)24-16(2)17-5-7-19(23)8-6-17/h4-9,14,16,18H,10-13H2,1-3H3,(H,24,26)/t16-/m0/s1. The van der Waals surface area contributed by atoms with E-state index in [4.69, 9.17) is 4.74 Å². The third-order valence-corrected chi connectivity index (χ3v) is 7.41. The average Bonchev–Trinajstić information content (AvgIpc) is 2.74. The molecule has 1 amide bonds. The minimum absolute atomic E-state index is 0.114. The average molecular weight is 435 g/mol. The summed E-state index contributed by atoms with van der Waals surface area (Å²) in [4.78, 5) is 12.8. The van der Waals surface area contributed by atoms with Crippen LogP contribution in [0.1, 0.15) is 36.9 Å². The van der Waals surface area contributed by atoms with Gasteiger partial charge in [-0.25, -0.2) is 12.8 Å². The number of halogens is 1. The summed E-state index contributed by atoms with van der Waals surface area (Å²) in [7, 11) is -2.26. The van der Waals surface area contributed by atoms with Crippen molar-refractivity contribution in [3.8, 4) is 5.75 Å². The van der Waals surface area contributed by atoms with Crippen molar-refractivity contribution in [1.82, 2.24) is 9.62 Å². The molecule has 2 aromatic carbocycles. The van der Waals surface area contributed by atoms with Crippen LogP contribution in [0.2, 0.25) is 0 Å². The number of methoxy groups -OCH3 is 1. The second-order valence-electron chi connectivity index (χ2n) is 7.61. The largest absolute Gasteiger partial charge is 0.495 e. The number of hydrogen-bond donors (Lipinski definition) is 1. The predicted octanol–water partition coefficient (Wildman–Crippen LogP) is 3.42. The van der Waals surface area contributed by atoms with Crippen LogP contribution in [0.15, 0.2) is 47.4 Å². The number of carbonyl (C=O) groups excluding carboxylic acids is 1. The lowest BCUT2D eigenvalue weighted by Gasteiger charge is -2.31. The van der Waals surface area contributed by atoms with Gasteiger partial charge in [-0.1, -0.05) is 18.2 Å². The number of rotatable bonds is 6. The zero-order chi connectivity index (χ0) is 21.9. The minimum atomic E-state index is -3.71. The van der Waals surface area contributed by atoms with Crippen LogP contribution in [-0.4, -0.2) is 38.8 Å². The molecule has 0 unspecified atom stereocenters. The fourth-order valence-electron chi connectivity index (χ4n) is 3.65. The highest BCUT2D eigenvalue weighted by Crippen LogP contribution is 2.30. The summed E-state index contributed by atoms with van der Waals surface area (Å²) in [6.07, 6.45) is 0.880. The normalized spacial score (nSPS) is 16.8. The van der Waals surface area contributed by atoms with E-state index in [0.717, 1.165) is 11.1 Å². The zero-order valence-electron chi connectivity index (χ0n) is 17.4. The van der Waals surface area contributed by atoms with Gasteiger partial charge in [0, 0.05) is 19.0 Å². The fourth-order valence-corrected chi connectivity index (χ4v) is 5.36. The monoisotopic (exact) mass is 434 g/mol. The molecule has 1 atom stereocenters. The van der Waals surface area contributed by atoms with Gasteiger partial charge in [0.15, 0.2) is 0 Å². The number of sulfonamides is 1. The lowest BCUT2D eigenvalue weighted by Crippen LogP contribution is -2.43. The van der Waals surface area contributed by atoms with Crippen molar-refractivity contribution in [2.75, 3.05) is 20.2 Å². The zero-order valence-corrected chi connectivity index (χ0v) is 18.2. The van der Waals surface area contributed by atoms with Crippen molar-refractivity contribution in [1.29, 1.82) is 0 Å². The first-order chi connectivity index (χ1) is 14.2. The van der Waals surface area contributed by atoms with Gasteiger partial charge in [0.2, 0.25) is 15.9 Å². The topological polar surface area (TPSA) is 75.7 Å². The van der Waals surface area contributed by atoms with Gasteiger partial charge in [-0.15, -0.1) is 0 Å². The number of nitrogens with zero attached hydrogens (tertiary/aromatic N) is 1. The highest BCUT2D eigenvalue weighted by Gasteiger charge is 2.34. The van der Waals surface area contributed by atoms with Gasteiger partial charge in [0.25, 0.3) is 0 Å². The first-order valence-corrected chi connectivity index (χ1v) is 11.4. The number of benzene rings is 2. The molecule has 0 spiro atoms. The van der Waals surface area contributed by atoms with Gasteiger partial charge in [0.05, 0.1) is 13.2 Å². The Bertz CT molecular complexity index is 1000. The van der Waals surface area contributed by atoms with Crippen LogP contribution in [-0.2, 0) is 14.8 Å². The summed E-state index contributed by atoms with van der Waals surface area (Å²) >= 11 is 0. The van der Waals surface area contributed by atoms with Gasteiger partial charge in [-0.05, 0) is 62.1 Å². The number of carbonyl (C=O) groups is 1. The maximum absolute atomic E-state index is 13.1. The van der Waals surface area contributed by atoms with Gasteiger partial charge in [-0.2, -0.15) is 4.31 Å². The Hall–Kier alpha value is -2.45. The molecule has 162 valence electrons. The van der Waals surface area contributed by atoms with Crippen molar-refractivity contribution in [2.24, 2.45) is 5.92 Å². The second-order valence-corrected chi connectivity index (χ2v) is 9.52. The third kappa shape index (κ3) is 4.82. The van der Waals surface area contributed by atoms with E-state index in [1.54, 1.807) is 30.3 Å². The first-order valence-electron chi connectivity index (χ1n) is 9.93. The number of aryl methyl sites for hydroxylation is 1. The van der Waals surface area contributed by atoms with Crippen molar-refractivity contribution < 1.29 is 22.3 Å². The number of amides is 1. The Kier molecular flexibility index (Phi) is 6.77. The minimum Gasteiger partial charge on any atom is -0.495 e. The maximum Gasteiger partial charge on any atom is 0.246 e. The van der Waals surface area contributed by atoms with Crippen LogP contribution < -0.4 is 10.1 Å².